The summed E-state index contributed by atoms with van der Waals surface area (Å²) < 4.78 is 10.2. The van der Waals surface area contributed by atoms with Crippen molar-refractivity contribution < 1.29 is 18.8 Å². The van der Waals surface area contributed by atoms with E-state index in [2.05, 4.69) is 0 Å². The van der Waals surface area contributed by atoms with Gasteiger partial charge in [-0.05, 0) is 19.5 Å². The smallest absolute Gasteiger partial charge is 0.317 e. The number of cyclic esters (lactones) is 2. The van der Waals surface area contributed by atoms with E-state index in [1.54, 1.807) is 7.11 Å². The van der Waals surface area contributed by atoms with Gasteiger partial charge in [-0.2, -0.15) is 0 Å². The van der Waals surface area contributed by atoms with Gasteiger partial charge in [-0.15, -0.1) is 0 Å². The highest BCUT2D eigenvalue weighted by molar-refractivity contribution is 6.76. The minimum Gasteiger partial charge on any atom is -0.420 e. The fraction of sp³-hybridized carbons (Fsp3) is 0.800. The van der Waals surface area contributed by atoms with Crippen LogP contribution in [0.1, 0.15) is 12.8 Å². The summed E-state index contributed by atoms with van der Waals surface area (Å²) in [7, 11) is 0.606. The van der Waals surface area contributed by atoms with Crippen molar-refractivity contribution in [1.29, 1.82) is 0 Å². The summed E-state index contributed by atoms with van der Waals surface area (Å²) >= 11 is 0. The molecule has 0 spiro atoms. The van der Waals surface area contributed by atoms with Crippen LogP contribution in [0.3, 0.4) is 0 Å². The van der Waals surface area contributed by atoms with Gasteiger partial charge in [0, 0.05) is 17.4 Å². The number of hydrogen-bond donors (Lipinski definition) is 0. The molecular formula is C10H20O4Si2. The molecule has 0 aliphatic carbocycles. The van der Waals surface area contributed by atoms with Crippen LogP contribution in [0.15, 0.2) is 0 Å². The van der Waals surface area contributed by atoms with E-state index >= 15 is 0 Å². The summed E-state index contributed by atoms with van der Waals surface area (Å²) in [6.45, 7) is 3.93. The summed E-state index contributed by atoms with van der Waals surface area (Å²) in [6, 6.07) is 1.15. The molecule has 1 aliphatic heterocycles. The maximum atomic E-state index is 11.7. The lowest BCUT2D eigenvalue weighted by Gasteiger charge is -2.27. The van der Waals surface area contributed by atoms with E-state index in [0.29, 0.717) is 0 Å². The summed E-state index contributed by atoms with van der Waals surface area (Å²) in [5.74, 6) is -0.979. The van der Waals surface area contributed by atoms with Gasteiger partial charge in [-0.3, -0.25) is 9.59 Å². The van der Waals surface area contributed by atoms with Gasteiger partial charge in [0.2, 0.25) is 8.32 Å². The monoisotopic (exact) mass is 260 g/mol. The molecule has 1 heterocycles. The molecule has 0 N–H and O–H groups in total. The van der Waals surface area contributed by atoms with E-state index in [1.165, 1.54) is 0 Å². The standard InChI is InChI=1S/C10H20O4Si2/c1-13-16(2,3)8-7(5-4-6-15)9(11)14-10(8)12/h7-8H,4-6H2,1-3,15H3. The molecule has 92 valence electrons. The van der Waals surface area contributed by atoms with E-state index in [4.69, 9.17) is 9.16 Å². The molecule has 2 atom stereocenters. The Hall–Kier alpha value is -0.466. The molecule has 0 saturated carbocycles. The van der Waals surface area contributed by atoms with Crippen LogP contribution in [0.5, 0.6) is 0 Å². The van der Waals surface area contributed by atoms with Crippen LogP contribution in [0.4, 0.5) is 0 Å². The highest BCUT2D eigenvalue weighted by atomic mass is 28.4. The van der Waals surface area contributed by atoms with Crippen molar-refractivity contribution in [3.05, 3.63) is 0 Å². The zero-order valence-electron chi connectivity index (χ0n) is 10.4. The van der Waals surface area contributed by atoms with Gasteiger partial charge in [0.05, 0.1) is 11.5 Å². The first-order valence-electron chi connectivity index (χ1n) is 5.74. The van der Waals surface area contributed by atoms with Crippen LogP contribution in [0, 0.1) is 5.92 Å². The molecule has 0 radical (unpaired) electrons. The Morgan fingerprint density at radius 1 is 1.38 bits per heavy atom. The molecule has 0 aromatic carbocycles. The third-order valence-electron chi connectivity index (χ3n) is 3.30. The second-order valence-electron chi connectivity index (χ2n) is 4.77. The second-order valence-corrected chi connectivity index (χ2v) is 10.0. The number of carbonyl (C=O) groups is 2. The molecule has 0 bridgehead atoms. The topological polar surface area (TPSA) is 52.6 Å². The average molecular weight is 260 g/mol. The Balaban J connectivity index is 2.85. The van der Waals surface area contributed by atoms with Crippen LogP contribution in [0.2, 0.25) is 24.7 Å². The molecule has 1 saturated heterocycles. The van der Waals surface area contributed by atoms with E-state index in [9.17, 15) is 9.59 Å². The molecule has 0 amide bonds. The quantitative estimate of drug-likeness (QED) is 0.410. The number of rotatable bonds is 5. The fourth-order valence-corrected chi connectivity index (χ4v) is 4.70. The highest BCUT2D eigenvalue weighted by Gasteiger charge is 2.53. The zero-order chi connectivity index (χ0) is 12.3. The fourth-order valence-electron chi connectivity index (χ4n) is 2.14. The lowest BCUT2D eigenvalue weighted by Crippen LogP contribution is -2.41. The molecule has 1 rings (SSSR count). The normalized spacial score (nSPS) is 26.2. The van der Waals surface area contributed by atoms with E-state index in [-0.39, 0.29) is 23.4 Å². The molecule has 1 fully saturated rings. The summed E-state index contributed by atoms with van der Waals surface area (Å²) in [6.07, 6.45) is 1.77. The first kappa shape index (κ1) is 13.6. The van der Waals surface area contributed by atoms with Gasteiger partial charge >= 0.3 is 11.9 Å². The van der Waals surface area contributed by atoms with E-state index in [1.807, 2.05) is 13.1 Å². The first-order chi connectivity index (χ1) is 7.44. The van der Waals surface area contributed by atoms with Crippen molar-refractivity contribution in [2.75, 3.05) is 7.11 Å². The van der Waals surface area contributed by atoms with Crippen LogP contribution in [-0.4, -0.2) is 37.6 Å². The largest absolute Gasteiger partial charge is 0.420 e. The minimum atomic E-state index is -2.15. The van der Waals surface area contributed by atoms with Gasteiger partial charge in [-0.1, -0.05) is 12.5 Å². The van der Waals surface area contributed by atoms with E-state index in [0.717, 1.165) is 29.1 Å². The first-order valence-corrected chi connectivity index (χ1v) is 10.1. The predicted octanol–water partition coefficient (Wildman–Crippen LogP) is 0.472. The van der Waals surface area contributed by atoms with Gasteiger partial charge in [0.15, 0.2) is 0 Å². The summed E-state index contributed by atoms with van der Waals surface area (Å²) in [4.78, 5) is 23.3. The predicted molar refractivity (Wildman–Crippen MR) is 66.8 cm³/mol. The third-order valence-corrected chi connectivity index (χ3v) is 7.20. The molecule has 16 heavy (non-hydrogen) atoms. The van der Waals surface area contributed by atoms with E-state index < -0.39 is 8.32 Å². The number of hydrogen-bond acceptors (Lipinski definition) is 4. The van der Waals surface area contributed by atoms with Crippen molar-refractivity contribution in [3.8, 4) is 0 Å². The Labute approximate surface area is 100 Å². The Morgan fingerprint density at radius 2 is 2.00 bits per heavy atom. The number of carbonyl (C=O) groups excluding carboxylic acids is 2. The van der Waals surface area contributed by atoms with Gasteiger partial charge in [-0.25, -0.2) is 0 Å². The number of ether oxygens (including phenoxy) is 1. The highest BCUT2D eigenvalue weighted by Crippen LogP contribution is 2.40. The molecular weight excluding hydrogens is 240 g/mol. The minimum absolute atomic E-state index is 0.261. The van der Waals surface area contributed by atoms with Gasteiger partial charge < -0.3 is 9.16 Å². The van der Waals surface area contributed by atoms with Gasteiger partial charge in [0.1, 0.15) is 0 Å². The molecule has 0 aromatic heterocycles. The van der Waals surface area contributed by atoms with Crippen LogP contribution >= 0.6 is 0 Å². The van der Waals surface area contributed by atoms with Gasteiger partial charge in [0.25, 0.3) is 0 Å². The number of esters is 2. The molecule has 4 nitrogen and oxygen atoms in total. The zero-order valence-corrected chi connectivity index (χ0v) is 13.4. The van der Waals surface area contributed by atoms with Crippen LogP contribution in [-0.2, 0) is 18.8 Å². The Kier molecular flexibility index (Phi) is 4.46. The van der Waals surface area contributed by atoms with Crippen molar-refractivity contribution in [2.45, 2.75) is 37.5 Å². The average Bonchev–Trinajstić information content (AvgIpc) is 2.51. The molecule has 2 unspecified atom stereocenters. The summed E-state index contributed by atoms with van der Waals surface area (Å²) in [5.41, 5.74) is -0.321. The third kappa shape index (κ3) is 2.61. The van der Waals surface area contributed by atoms with Crippen molar-refractivity contribution in [3.63, 3.8) is 0 Å². The molecule has 6 heteroatoms. The maximum absolute atomic E-state index is 11.7. The summed E-state index contributed by atoms with van der Waals surface area (Å²) in [5, 5.41) is 0. The van der Waals surface area contributed by atoms with Crippen LogP contribution < -0.4 is 0 Å². The van der Waals surface area contributed by atoms with Crippen molar-refractivity contribution >= 4 is 30.5 Å². The SMILES string of the molecule is CO[Si](C)(C)C1C(=O)OC(=O)C1CCC[SiH3]. The lowest BCUT2D eigenvalue weighted by atomic mass is 10.0. The molecule has 0 aromatic rings. The maximum Gasteiger partial charge on any atom is 0.317 e. The lowest BCUT2D eigenvalue weighted by molar-refractivity contribution is -0.153. The second kappa shape index (κ2) is 5.24. The van der Waals surface area contributed by atoms with Crippen molar-refractivity contribution in [2.24, 2.45) is 5.92 Å². The molecule has 1 aliphatic rings. The van der Waals surface area contributed by atoms with Crippen LogP contribution in [0.25, 0.3) is 0 Å². The Bertz CT molecular complexity index is 291. The Morgan fingerprint density at radius 3 is 2.50 bits per heavy atom. The van der Waals surface area contributed by atoms with Crippen molar-refractivity contribution in [1.82, 2.24) is 0 Å².